The van der Waals surface area contributed by atoms with Crippen LogP contribution < -0.4 is 0 Å². The lowest BCUT2D eigenvalue weighted by Gasteiger charge is -2.47. The first-order chi connectivity index (χ1) is 6.20. The van der Waals surface area contributed by atoms with Gasteiger partial charge in [0.15, 0.2) is 0 Å². The molecule has 1 aliphatic heterocycles. The third-order valence-electron chi connectivity index (χ3n) is 2.63. The number of quaternary nitrogens is 1. The molecule has 2 atom stereocenters. The van der Waals surface area contributed by atoms with Crippen molar-refractivity contribution in [1.29, 1.82) is 0 Å². The fourth-order valence-electron chi connectivity index (χ4n) is 2.01. The molecule has 0 saturated carbocycles. The van der Waals surface area contributed by atoms with E-state index in [4.69, 9.17) is 4.74 Å². The van der Waals surface area contributed by atoms with E-state index in [0.717, 1.165) is 25.8 Å². The second-order valence-electron chi connectivity index (χ2n) is 3.97. The van der Waals surface area contributed by atoms with Crippen LogP contribution in [0.4, 0.5) is 0 Å². The molecular weight excluding hydrogens is 166 g/mol. The van der Waals surface area contributed by atoms with Crippen LogP contribution in [-0.2, 0) is 4.74 Å². The van der Waals surface area contributed by atoms with Crippen LogP contribution in [0.2, 0.25) is 0 Å². The van der Waals surface area contributed by atoms with Crippen molar-refractivity contribution in [3.8, 4) is 0 Å². The minimum atomic E-state index is -0.0266. The molecule has 13 heavy (non-hydrogen) atoms. The third-order valence-corrected chi connectivity index (χ3v) is 2.63. The van der Waals surface area contributed by atoms with Gasteiger partial charge in [-0.15, -0.1) is 0 Å². The normalized spacial score (nSPS) is 34.8. The molecule has 1 saturated heterocycles. The zero-order valence-corrected chi connectivity index (χ0v) is 8.79. The number of hydrogen-bond acceptors (Lipinski definition) is 2. The van der Waals surface area contributed by atoms with Gasteiger partial charge in [-0.1, -0.05) is 20.3 Å². The largest absolute Gasteiger partial charge is 0.633 e. The maximum absolute atomic E-state index is 12.1. The van der Waals surface area contributed by atoms with E-state index >= 15 is 0 Å². The molecule has 0 aromatic rings. The van der Waals surface area contributed by atoms with Gasteiger partial charge in [-0.25, -0.2) is 0 Å². The lowest BCUT2D eigenvalue weighted by Crippen LogP contribution is -2.54. The number of morpholine rings is 1. The molecule has 3 nitrogen and oxygen atoms in total. The van der Waals surface area contributed by atoms with E-state index in [1.165, 1.54) is 0 Å². The zero-order valence-electron chi connectivity index (χ0n) is 8.79. The Morgan fingerprint density at radius 1 is 1.38 bits per heavy atom. The molecule has 0 aromatic heterocycles. The molecule has 0 spiro atoms. The van der Waals surface area contributed by atoms with Crippen LogP contribution in [0.25, 0.3) is 0 Å². The van der Waals surface area contributed by atoms with Crippen LogP contribution in [0, 0.1) is 5.21 Å². The Morgan fingerprint density at radius 3 is 2.77 bits per heavy atom. The highest BCUT2D eigenvalue weighted by Gasteiger charge is 2.27. The first kappa shape index (κ1) is 11.0. The number of rotatable bonds is 4. The van der Waals surface area contributed by atoms with Crippen LogP contribution in [0.3, 0.4) is 0 Å². The summed E-state index contributed by atoms with van der Waals surface area (Å²) in [5.74, 6) is 0. The lowest BCUT2D eigenvalue weighted by atomic mass is 10.1. The summed E-state index contributed by atoms with van der Waals surface area (Å²) in [7, 11) is 0. The van der Waals surface area contributed by atoms with E-state index < -0.39 is 0 Å². The summed E-state index contributed by atoms with van der Waals surface area (Å²) >= 11 is 0. The predicted molar refractivity (Wildman–Crippen MR) is 53.2 cm³/mol. The highest BCUT2D eigenvalue weighted by molar-refractivity contribution is 4.63. The van der Waals surface area contributed by atoms with Crippen molar-refractivity contribution in [2.45, 2.75) is 39.2 Å². The molecule has 3 heteroatoms. The van der Waals surface area contributed by atoms with Crippen LogP contribution in [0.1, 0.15) is 33.1 Å². The van der Waals surface area contributed by atoms with E-state index in [-0.39, 0.29) is 10.8 Å². The number of ether oxygens (including phenoxy) is 1. The Bertz CT molecular complexity index is 146. The molecule has 0 N–H and O–H groups in total. The third kappa shape index (κ3) is 3.25. The van der Waals surface area contributed by atoms with Crippen LogP contribution in [-0.4, -0.2) is 37.0 Å². The first-order valence-corrected chi connectivity index (χ1v) is 5.39. The maximum atomic E-state index is 12.1. The Labute approximate surface area is 80.8 Å². The highest BCUT2D eigenvalue weighted by Crippen LogP contribution is 2.17. The predicted octanol–water partition coefficient (Wildman–Crippen LogP) is 1.91. The van der Waals surface area contributed by atoms with Crippen molar-refractivity contribution in [2.24, 2.45) is 0 Å². The van der Waals surface area contributed by atoms with Gasteiger partial charge in [0.25, 0.3) is 0 Å². The highest BCUT2D eigenvalue weighted by atomic mass is 16.6. The molecule has 0 aromatic carbocycles. The summed E-state index contributed by atoms with van der Waals surface area (Å²) in [5, 5.41) is 12.1. The molecule has 0 amide bonds. The molecule has 1 fully saturated rings. The average Bonchev–Trinajstić information content (AvgIpc) is 2.04. The van der Waals surface area contributed by atoms with Crippen molar-refractivity contribution < 1.29 is 9.38 Å². The topological polar surface area (TPSA) is 32.3 Å². The van der Waals surface area contributed by atoms with Crippen molar-refractivity contribution in [2.75, 3.05) is 26.2 Å². The molecule has 0 radical (unpaired) electrons. The van der Waals surface area contributed by atoms with Crippen molar-refractivity contribution in [3.63, 3.8) is 0 Å². The van der Waals surface area contributed by atoms with Gasteiger partial charge in [-0.3, -0.25) is 0 Å². The number of hydrogen-bond donors (Lipinski definition) is 0. The van der Waals surface area contributed by atoms with E-state index in [2.05, 4.69) is 13.8 Å². The Morgan fingerprint density at radius 2 is 2.15 bits per heavy atom. The van der Waals surface area contributed by atoms with Crippen molar-refractivity contribution >= 4 is 0 Å². The van der Waals surface area contributed by atoms with Gasteiger partial charge < -0.3 is 14.6 Å². The summed E-state index contributed by atoms with van der Waals surface area (Å²) < 4.78 is 5.52. The maximum Gasteiger partial charge on any atom is 0.107 e. The second-order valence-corrected chi connectivity index (χ2v) is 3.97. The molecule has 0 aliphatic carbocycles. The molecule has 0 bridgehead atoms. The lowest BCUT2D eigenvalue weighted by molar-refractivity contribution is -0.892. The summed E-state index contributed by atoms with van der Waals surface area (Å²) in [4.78, 5) is 0. The van der Waals surface area contributed by atoms with E-state index in [1.54, 1.807) is 0 Å². The fourth-order valence-corrected chi connectivity index (χ4v) is 2.01. The van der Waals surface area contributed by atoms with Gasteiger partial charge in [0.1, 0.15) is 19.2 Å². The first-order valence-electron chi connectivity index (χ1n) is 5.39. The second kappa shape index (κ2) is 4.94. The molecule has 2 unspecified atom stereocenters. The molecule has 1 rings (SSSR count). The van der Waals surface area contributed by atoms with Crippen LogP contribution >= 0.6 is 0 Å². The molecular formula is C10H21NO2. The molecule has 78 valence electrons. The van der Waals surface area contributed by atoms with E-state index in [1.807, 2.05) is 0 Å². The van der Waals surface area contributed by atoms with Crippen molar-refractivity contribution in [1.82, 2.24) is 0 Å². The van der Waals surface area contributed by atoms with Gasteiger partial charge in [0, 0.05) is 0 Å². The van der Waals surface area contributed by atoms with Crippen LogP contribution in [0.15, 0.2) is 0 Å². The zero-order chi connectivity index (χ0) is 9.73. The minimum Gasteiger partial charge on any atom is -0.633 e. The summed E-state index contributed by atoms with van der Waals surface area (Å²) in [6, 6.07) is 0. The van der Waals surface area contributed by atoms with E-state index in [0.29, 0.717) is 19.7 Å². The monoisotopic (exact) mass is 187 g/mol. The summed E-state index contributed by atoms with van der Waals surface area (Å²) in [6.07, 6.45) is 3.33. The summed E-state index contributed by atoms with van der Waals surface area (Å²) in [5.41, 5.74) is 0. The van der Waals surface area contributed by atoms with Crippen LogP contribution in [0.5, 0.6) is 0 Å². The van der Waals surface area contributed by atoms with Gasteiger partial charge in [-0.05, 0) is 12.8 Å². The van der Waals surface area contributed by atoms with Gasteiger partial charge >= 0.3 is 0 Å². The summed E-state index contributed by atoms with van der Waals surface area (Å²) in [6.45, 7) is 6.92. The van der Waals surface area contributed by atoms with E-state index in [9.17, 15) is 5.21 Å². The number of hydroxylamine groups is 3. The minimum absolute atomic E-state index is 0.0266. The van der Waals surface area contributed by atoms with Gasteiger partial charge in [0.05, 0.1) is 13.2 Å². The Kier molecular flexibility index (Phi) is 4.16. The Hall–Kier alpha value is -0.120. The smallest absolute Gasteiger partial charge is 0.107 e. The molecule has 1 heterocycles. The molecule has 1 aliphatic rings. The standard InChI is InChI=1S/C10H21NO2/c1-3-5-10-9-11(12,6-4-2)7-8-13-10/h10H,3-9H2,1-2H3. The van der Waals surface area contributed by atoms with Gasteiger partial charge in [0.2, 0.25) is 0 Å². The van der Waals surface area contributed by atoms with Crippen molar-refractivity contribution in [3.05, 3.63) is 5.21 Å². The Balaban J connectivity index is 2.39. The fraction of sp³-hybridized carbons (Fsp3) is 1.00. The van der Waals surface area contributed by atoms with Gasteiger partial charge in [-0.2, -0.15) is 0 Å². The average molecular weight is 187 g/mol. The SMILES string of the molecule is CCCC1C[N+]([O-])(CCC)CCO1. The quantitative estimate of drug-likeness (QED) is 0.497. The number of nitrogens with zero attached hydrogens (tertiary/aromatic N) is 1.